The van der Waals surface area contributed by atoms with E-state index >= 15 is 0 Å². The average Bonchev–Trinajstić information content (AvgIpc) is 1.79. The van der Waals surface area contributed by atoms with Gasteiger partial charge >= 0.3 is 0 Å². The average molecular weight is 230 g/mol. The maximum Gasteiger partial charge on any atom is 0.274 e. The molecule has 0 bridgehead atoms. The monoisotopic (exact) mass is 230 g/mol. The maximum absolute atomic E-state index is 10.6. The van der Waals surface area contributed by atoms with Crippen molar-refractivity contribution in [2.75, 3.05) is 5.75 Å². The van der Waals surface area contributed by atoms with Crippen molar-refractivity contribution >= 4 is 45.2 Å². The SMILES string of the molecule is O=C(CS(=O)(=O)O)NNC(=S)S. The van der Waals surface area contributed by atoms with Gasteiger partial charge in [0.15, 0.2) is 5.75 Å². The molecule has 0 saturated heterocycles. The van der Waals surface area contributed by atoms with E-state index in [9.17, 15) is 13.2 Å². The lowest BCUT2D eigenvalue weighted by atomic mass is 10.7. The highest BCUT2D eigenvalue weighted by atomic mass is 32.2. The van der Waals surface area contributed by atoms with Crippen molar-refractivity contribution in [3.63, 3.8) is 0 Å². The highest BCUT2D eigenvalue weighted by Gasteiger charge is 2.11. The van der Waals surface area contributed by atoms with Crippen LogP contribution in [0.5, 0.6) is 0 Å². The maximum atomic E-state index is 10.6. The van der Waals surface area contributed by atoms with Gasteiger partial charge in [-0.15, -0.1) is 12.6 Å². The Kier molecular flexibility index (Phi) is 4.45. The van der Waals surface area contributed by atoms with Crippen molar-refractivity contribution in [3.8, 4) is 0 Å². The lowest BCUT2D eigenvalue weighted by Gasteiger charge is -2.03. The molecule has 0 aromatic carbocycles. The summed E-state index contributed by atoms with van der Waals surface area (Å²) < 4.78 is 28.4. The largest absolute Gasteiger partial charge is 0.285 e. The number of thiol groups is 1. The van der Waals surface area contributed by atoms with Crippen LogP contribution >= 0.6 is 24.8 Å². The van der Waals surface area contributed by atoms with Crippen LogP contribution in [0, 0.1) is 0 Å². The number of hydrogen-bond acceptors (Lipinski definition) is 4. The second-order valence-corrected chi connectivity index (χ2v) is 4.32. The van der Waals surface area contributed by atoms with E-state index in [0.717, 1.165) is 0 Å². The van der Waals surface area contributed by atoms with Crippen molar-refractivity contribution in [3.05, 3.63) is 0 Å². The van der Waals surface area contributed by atoms with Crippen LogP contribution in [0.15, 0.2) is 0 Å². The third-order valence-electron chi connectivity index (χ3n) is 0.622. The summed E-state index contributed by atoms with van der Waals surface area (Å²) in [5.74, 6) is -1.94. The van der Waals surface area contributed by atoms with Crippen LogP contribution in [0.1, 0.15) is 0 Å². The van der Waals surface area contributed by atoms with Crippen LogP contribution in [-0.2, 0) is 14.9 Å². The summed E-state index contributed by atoms with van der Waals surface area (Å²) in [5, 5.41) is 0. The first-order valence-electron chi connectivity index (χ1n) is 2.54. The van der Waals surface area contributed by atoms with Crippen LogP contribution in [0.4, 0.5) is 0 Å². The van der Waals surface area contributed by atoms with E-state index in [1.54, 1.807) is 0 Å². The minimum Gasteiger partial charge on any atom is -0.285 e. The van der Waals surface area contributed by atoms with Gasteiger partial charge in [-0.1, -0.05) is 12.2 Å². The summed E-state index contributed by atoms with van der Waals surface area (Å²) in [4.78, 5) is 10.6. The van der Waals surface area contributed by atoms with Crippen LogP contribution in [-0.4, -0.2) is 29.0 Å². The van der Waals surface area contributed by atoms with Gasteiger partial charge in [-0.05, 0) is 0 Å². The molecule has 70 valence electrons. The Bertz CT molecular complexity index is 284. The first-order valence-corrected chi connectivity index (χ1v) is 5.00. The standard InChI is InChI=1S/C3H6N2O4S3/c6-2(1-12(7,8)9)4-5-3(10)11/h1H2,(H,4,6)(H2,5,10,11)(H,7,8,9). The fourth-order valence-corrected chi connectivity index (χ4v) is 0.835. The number of nitrogens with one attached hydrogen (secondary N) is 2. The van der Waals surface area contributed by atoms with Crippen LogP contribution in [0.3, 0.4) is 0 Å². The number of carbonyl (C=O) groups is 1. The van der Waals surface area contributed by atoms with Crippen molar-refractivity contribution in [2.45, 2.75) is 0 Å². The first kappa shape index (κ1) is 11.6. The second kappa shape index (κ2) is 4.60. The predicted octanol–water partition coefficient (Wildman–Crippen LogP) is -1.29. The normalized spacial score (nSPS) is 10.5. The Balaban J connectivity index is 3.84. The number of hydrogen-bond donors (Lipinski definition) is 4. The fourth-order valence-electron chi connectivity index (χ4n) is 0.325. The van der Waals surface area contributed by atoms with Gasteiger partial charge in [-0.2, -0.15) is 8.42 Å². The Labute approximate surface area is 79.8 Å². The molecule has 0 spiro atoms. The van der Waals surface area contributed by atoms with Gasteiger partial charge < -0.3 is 0 Å². The zero-order valence-corrected chi connectivity index (χ0v) is 8.17. The van der Waals surface area contributed by atoms with E-state index in [4.69, 9.17) is 4.55 Å². The zero-order chi connectivity index (χ0) is 9.78. The first-order chi connectivity index (χ1) is 5.31. The smallest absolute Gasteiger partial charge is 0.274 e. The molecule has 0 aliphatic rings. The van der Waals surface area contributed by atoms with Crippen molar-refractivity contribution < 1.29 is 17.8 Å². The van der Waals surface area contributed by atoms with Crippen LogP contribution in [0.2, 0.25) is 0 Å². The molecule has 0 aromatic rings. The van der Waals surface area contributed by atoms with Crippen LogP contribution in [0.25, 0.3) is 0 Å². The molecule has 3 N–H and O–H groups in total. The summed E-state index contributed by atoms with van der Waals surface area (Å²) in [5.41, 5.74) is 3.98. The van der Waals surface area contributed by atoms with Crippen molar-refractivity contribution in [2.24, 2.45) is 0 Å². The van der Waals surface area contributed by atoms with Gasteiger partial charge in [0.25, 0.3) is 16.0 Å². The number of amides is 1. The summed E-state index contributed by atoms with van der Waals surface area (Å²) in [6, 6.07) is 0. The predicted molar refractivity (Wildman–Crippen MR) is 49.3 cm³/mol. The van der Waals surface area contributed by atoms with Gasteiger partial charge in [-0.3, -0.25) is 20.2 Å². The Morgan fingerprint density at radius 1 is 1.50 bits per heavy atom. The van der Waals surface area contributed by atoms with Gasteiger partial charge in [0.05, 0.1) is 0 Å². The van der Waals surface area contributed by atoms with E-state index in [2.05, 4.69) is 30.3 Å². The number of rotatable bonds is 2. The summed E-state index contributed by atoms with van der Waals surface area (Å²) in [6.07, 6.45) is 0. The lowest BCUT2D eigenvalue weighted by Crippen LogP contribution is -2.41. The quantitative estimate of drug-likeness (QED) is 0.204. The molecule has 0 aliphatic heterocycles. The molecular weight excluding hydrogens is 224 g/mol. The van der Waals surface area contributed by atoms with E-state index in [1.807, 2.05) is 5.43 Å². The minimum absolute atomic E-state index is 0.0151. The molecular formula is C3H6N2O4S3. The van der Waals surface area contributed by atoms with Crippen molar-refractivity contribution in [1.29, 1.82) is 0 Å². The molecule has 9 heteroatoms. The number of thiocarbonyl (C=S) groups is 1. The van der Waals surface area contributed by atoms with E-state index in [-0.39, 0.29) is 4.32 Å². The molecule has 0 atom stereocenters. The molecule has 0 aromatic heterocycles. The molecule has 0 heterocycles. The molecule has 0 rings (SSSR count). The lowest BCUT2D eigenvalue weighted by molar-refractivity contribution is -0.119. The molecule has 0 saturated carbocycles. The highest BCUT2D eigenvalue weighted by Crippen LogP contribution is 1.80. The van der Waals surface area contributed by atoms with E-state index < -0.39 is 21.8 Å². The molecule has 0 radical (unpaired) electrons. The Morgan fingerprint density at radius 3 is 2.33 bits per heavy atom. The van der Waals surface area contributed by atoms with Crippen molar-refractivity contribution in [1.82, 2.24) is 10.9 Å². The minimum atomic E-state index is -4.29. The number of hydrazine groups is 1. The molecule has 0 unspecified atom stereocenters. The topological polar surface area (TPSA) is 95.5 Å². The second-order valence-electron chi connectivity index (χ2n) is 1.70. The summed E-state index contributed by atoms with van der Waals surface area (Å²) in [6.45, 7) is 0. The third kappa shape index (κ3) is 7.72. The molecule has 0 aliphatic carbocycles. The van der Waals surface area contributed by atoms with Gasteiger partial charge in [0, 0.05) is 0 Å². The van der Waals surface area contributed by atoms with Gasteiger partial charge in [-0.25, -0.2) is 0 Å². The van der Waals surface area contributed by atoms with E-state index in [0.29, 0.717) is 0 Å². The Morgan fingerprint density at radius 2 is 2.00 bits per heavy atom. The molecule has 6 nitrogen and oxygen atoms in total. The van der Waals surface area contributed by atoms with Gasteiger partial charge in [0.1, 0.15) is 4.32 Å². The molecule has 0 fully saturated rings. The number of carbonyl (C=O) groups excluding carboxylic acids is 1. The molecule has 1 amide bonds. The highest BCUT2D eigenvalue weighted by molar-refractivity contribution is 8.11. The van der Waals surface area contributed by atoms with Crippen LogP contribution < -0.4 is 10.9 Å². The summed E-state index contributed by atoms with van der Waals surface area (Å²) >= 11 is 7.96. The van der Waals surface area contributed by atoms with E-state index in [1.165, 1.54) is 0 Å². The Hall–Kier alpha value is -0.380. The third-order valence-corrected chi connectivity index (χ3v) is 1.46. The molecule has 12 heavy (non-hydrogen) atoms. The van der Waals surface area contributed by atoms with Gasteiger partial charge in [0.2, 0.25) is 0 Å². The zero-order valence-electron chi connectivity index (χ0n) is 5.64. The fraction of sp³-hybridized carbons (Fsp3) is 0.333. The summed E-state index contributed by atoms with van der Waals surface area (Å²) in [7, 11) is -4.29.